The summed E-state index contributed by atoms with van der Waals surface area (Å²) in [4.78, 5) is 14.5. The lowest BCUT2D eigenvalue weighted by Gasteiger charge is -2.32. The van der Waals surface area contributed by atoms with E-state index in [2.05, 4.69) is 17.1 Å². The maximum absolute atomic E-state index is 12.1. The van der Waals surface area contributed by atoms with Crippen LogP contribution in [-0.4, -0.2) is 36.5 Å². The van der Waals surface area contributed by atoms with Crippen molar-refractivity contribution in [3.63, 3.8) is 0 Å². The summed E-state index contributed by atoms with van der Waals surface area (Å²) >= 11 is 0. The minimum Gasteiger partial charge on any atom is -0.399 e. The lowest BCUT2D eigenvalue weighted by molar-refractivity contribution is 0.0911. The second-order valence-electron chi connectivity index (χ2n) is 5.21. The molecule has 1 aromatic rings. The number of halogens is 2. The molecule has 2 rings (SSSR count). The van der Waals surface area contributed by atoms with E-state index < -0.39 is 0 Å². The second-order valence-corrected chi connectivity index (χ2v) is 5.21. The highest BCUT2D eigenvalue weighted by molar-refractivity contribution is 5.94. The first kappa shape index (κ1) is 20.0. The summed E-state index contributed by atoms with van der Waals surface area (Å²) in [6.45, 7) is 5.54. The summed E-state index contributed by atoms with van der Waals surface area (Å²) in [5, 5.41) is 3.11. The third-order valence-electron chi connectivity index (χ3n) is 3.64. The van der Waals surface area contributed by atoms with Gasteiger partial charge in [-0.15, -0.1) is 24.8 Å². The average molecular weight is 334 g/mol. The number of likely N-dealkylation sites (tertiary alicyclic amines) is 1. The zero-order valence-electron chi connectivity index (χ0n) is 12.4. The van der Waals surface area contributed by atoms with E-state index in [9.17, 15) is 4.79 Å². The van der Waals surface area contributed by atoms with Crippen molar-refractivity contribution in [1.82, 2.24) is 10.2 Å². The minimum atomic E-state index is 0. The van der Waals surface area contributed by atoms with E-state index >= 15 is 0 Å². The highest BCUT2D eigenvalue weighted by atomic mass is 35.5. The van der Waals surface area contributed by atoms with Crippen molar-refractivity contribution in [3.8, 4) is 0 Å². The Balaban J connectivity index is 0.00000200. The van der Waals surface area contributed by atoms with Crippen LogP contribution in [0.25, 0.3) is 0 Å². The SMILES string of the molecule is CCCN1CCC(NC(=O)c2ccc(N)cc2)CC1.Cl.Cl. The van der Waals surface area contributed by atoms with Crippen molar-refractivity contribution in [2.75, 3.05) is 25.4 Å². The highest BCUT2D eigenvalue weighted by Gasteiger charge is 2.20. The summed E-state index contributed by atoms with van der Waals surface area (Å²) in [5.41, 5.74) is 6.99. The van der Waals surface area contributed by atoms with Gasteiger partial charge in [-0.2, -0.15) is 0 Å². The summed E-state index contributed by atoms with van der Waals surface area (Å²) < 4.78 is 0. The maximum atomic E-state index is 12.1. The molecule has 6 heteroatoms. The Morgan fingerprint density at radius 3 is 2.33 bits per heavy atom. The molecule has 0 bridgehead atoms. The number of amides is 1. The van der Waals surface area contributed by atoms with Crippen molar-refractivity contribution in [3.05, 3.63) is 29.8 Å². The first-order valence-corrected chi connectivity index (χ1v) is 7.08. The van der Waals surface area contributed by atoms with Gasteiger partial charge in [-0.05, 0) is 50.1 Å². The lowest BCUT2D eigenvalue weighted by Crippen LogP contribution is -2.44. The van der Waals surface area contributed by atoms with E-state index in [1.54, 1.807) is 24.3 Å². The van der Waals surface area contributed by atoms with Gasteiger partial charge in [0.2, 0.25) is 0 Å². The molecule has 0 atom stereocenters. The van der Waals surface area contributed by atoms with Crippen LogP contribution in [0.4, 0.5) is 5.69 Å². The van der Waals surface area contributed by atoms with Crippen LogP contribution in [0, 0.1) is 0 Å². The summed E-state index contributed by atoms with van der Waals surface area (Å²) in [6.07, 6.45) is 3.28. The number of nitrogens with zero attached hydrogens (tertiary/aromatic N) is 1. The van der Waals surface area contributed by atoms with E-state index in [4.69, 9.17) is 5.73 Å². The number of benzene rings is 1. The summed E-state index contributed by atoms with van der Waals surface area (Å²) in [5.74, 6) is 0.00828. The van der Waals surface area contributed by atoms with Gasteiger partial charge in [0.25, 0.3) is 5.91 Å². The predicted molar refractivity (Wildman–Crippen MR) is 92.6 cm³/mol. The smallest absolute Gasteiger partial charge is 0.251 e. The van der Waals surface area contributed by atoms with E-state index in [-0.39, 0.29) is 30.7 Å². The molecule has 1 aliphatic rings. The van der Waals surface area contributed by atoms with Crippen LogP contribution in [0.2, 0.25) is 0 Å². The molecule has 1 aromatic carbocycles. The summed E-state index contributed by atoms with van der Waals surface area (Å²) in [6, 6.07) is 7.38. The van der Waals surface area contributed by atoms with Crippen LogP contribution in [0.15, 0.2) is 24.3 Å². The van der Waals surface area contributed by atoms with E-state index in [0.29, 0.717) is 17.3 Å². The first-order chi connectivity index (χ1) is 9.19. The van der Waals surface area contributed by atoms with E-state index in [1.807, 2.05) is 0 Å². The Labute approximate surface area is 139 Å². The van der Waals surface area contributed by atoms with Gasteiger partial charge in [0.15, 0.2) is 0 Å². The third kappa shape index (κ3) is 6.12. The molecule has 0 spiro atoms. The molecule has 21 heavy (non-hydrogen) atoms. The Bertz CT molecular complexity index is 417. The van der Waals surface area contributed by atoms with E-state index in [1.165, 1.54) is 13.0 Å². The van der Waals surface area contributed by atoms with Crippen LogP contribution in [0.5, 0.6) is 0 Å². The largest absolute Gasteiger partial charge is 0.399 e. The number of rotatable bonds is 4. The van der Waals surface area contributed by atoms with Crippen LogP contribution < -0.4 is 11.1 Å². The normalized spacial score (nSPS) is 15.7. The zero-order valence-corrected chi connectivity index (χ0v) is 14.0. The molecule has 1 heterocycles. The molecule has 0 unspecified atom stereocenters. The molecule has 4 nitrogen and oxygen atoms in total. The predicted octanol–water partition coefficient (Wildman–Crippen LogP) is 2.72. The number of nitrogens with two attached hydrogens (primary N) is 1. The van der Waals surface area contributed by atoms with Crippen LogP contribution in [0.3, 0.4) is 0 Å². The van der Waals surface area contributed by atoms with Gasteiger partial charge in [-0.25, -0.2) is 0 Å². The number of carbonyl (C=O) groups is 1. The van der Waals surface area contributed by atoms with Gasteiger partial charge < -0.3 is 16.0 Å². The molecule has 0 saturated carbocycles. The Morgan fingerprint density at radius 1 is 1.24 bits per heavy atom. The van der Waals surface area contributed by atoms with Crippen LogP contribution in [-0.2, 0) is 0 Å². The number of nitrogen functional groups attached to an aromatic ring is 1. The van der Waals surface area contributed by atoms with Crippen molar-refractivity contribution >= 4 is 36.4 Å². The number of hydrogen-bond donors (Lipinski definition) is 2. The molecule has 1 amide bonds. The average Bonchev–Trinajstić information content (AvgIpc) is 2.42. The minimum absolute atomic E-state index is 0. The molecule has 1 fully saturated rings. The number of anilines is 1. The number of piperidine rings is 1. The monoisotopic (exact) mass is 333 g/mol. The quantitative estimate of drug-likeness (QED) is 0.833. The topological polar surface area (TPSA) is 58.4 Å². The molecular weight excluding hydrogens is 309 g/mol. The lowest BCUT2D eigenvalue weighted by atomic mass is 10.0. The molecular formula is C15H25Cl2N3O. The molecule has 0 aromatic heterocycles. The zero-order chi connectivity index (χ0) is 13.7. The first-order valence-electron chi connectivity index (χ1n) is 7.08. The molecule has 0 radical (unpaired) electrons. The standard InChI is InChI=1S/C15H23N3O.2ClH/c1-2-9-18-10-7-14(8-11-18)17-15(19)12-3-5-13(16)6-4-12;;/h3-6,14H,2,7-11,16H2,1H3,(H,17,19);2*1H. The summed E-state index contributed by atoms with van der Waals surface area (Å²) in [7, 11) is 0. The number of nitrogens with one attached hydrogen (secondary N) is 1. The van der Waals surface area contributed by atoms with Crippen LogP contribution in [0.1, 0.15) is 36.5 Å². The fraction of sp³-hybridized carbons (Fsp3) is 0.533. The van der Waals surface area contributed by atoms with Crippen molar-refractivity contribution in [2.24, 2.45) is 0 Å². The highest BCUT2D eigenvalue weighted by Crippen LogP contribution is 2.12. The molecule has 3 N–H and O–H groups in total. The Kier molecular flexibility index (Phi) is 9.42. The fourth-order valence-electron chi connectivity index (χ4n) is 2.52. The van der Waals surface area contributed by atoms with Gasteiger partial charge in [0.05, 0.1) is 0 Å². The molecule has 1 saturated heterocycles. The Morgan fingerprint density at radius 2 is 1.81 bits per heavy atom. The number of carbonyl (C=O) groups excluding carboxylic acids is 1. The maximum Gasteiger partial charge on any atom is 0.251 e. The van der Waals surface area contributed by atoms with Gasteiger partial charge >= 0.3 is 0 Å². The Hall–Kier alpha value is -0.970. The molecule has 1 aliphatic heterocycles. The van der Waals surface area contributed by atoms with E-state index in [0.717, 1.165) is 25.9 Å². The van der Waals surface area contributed by atoms with Gasteiger partial charge in [-0.3, -0.25) is 4.79 Å². The molecule has 0 aliphatic carbocycles. The molecule has 120 valence electrons. The van der Waals surface area contributed by atoms with Gasteiger partial charge in [0.1, 0.15) is 0 Å². The van der Waals surface area contributed by atoms with Crippen LogP contribution >= 0.6 is 24.8 Å². The third-order valence-corrected chi connectivity index (χ3v) is 3.64. The fourth-order valence-corrected chi connectivity index (χ4v) is 2.52. The van der Waals surface area contributed by atoms with Crippen molar-refractivity contribution < 1.29 is 4.79 Å². The van der Waals surface area contributed by atoms with Crippen molar-refractivity contribution in [2.45, 2.75) is 32.2 Å². The van der Waals surface area contributed by atoms with Gasteiger partial charge in [-0.1, -0.05) is 6.92 Å². The number of hydrogen-bond acceptors (Lipinski definition) is 3. The second kappa shape index (κ2) is 9.87. The van der Waals surface area contributed by atoms with Gasteiger partial charge in [0, 0.05) is 30.4 Å². The van der Waals surface area contributed by atoms with Crippen molar-refractivity contribution in [1.29, 1.82) is 0 Å².